The maximum Gasteiger partial charge on any atom is 0.410 e. The summed E-state index contributed by atoms with van der Waals surface area (Å²) < 4.78 is 25.8. The van der Waals surface area contributed by atoms with Crippen molar-refractivity contribution < 1.29 is 23.5 Å². The van der Waals surface area contributed by atoms with E-state index in [0.29, 0.717) is 24.7 Å². The maximum absolute atomic E-state index is 14.2. The number of benzene rings is 1. The zero-order valence-corrected chi connectivity index (χ0v) is 23.1. The van der Waals surface area contributed by atoms with Crippen LogP contribution in [0.5, 0.6) is 11.5 Å². The van der Waals surface area contributed by atoms with Crippen LogP contribution in [0.25, 0.3) is 0 Å². The smallest absolute Gasteiger partial charge is 0.410 e. The van der Waals surface area contributed by atoms with E-state index in [1.807, 2.05) is 26.8 Å². The molecule has 11 heteroatoms. The van der Waals surface area contributed by atoms with Crippen molar-refractivity contribution in [3.8, 4) is 17.6 Å². The summed E-state index contributed by atoms with van der Waals surface area (Å²) in [5.74, 6) is -0.0133. The molecule has 0 aliphatic carbocycles. The minimum Gasteiger partial charge on any atom is -0.451 e. The molecule has 2 fully saturated rings. The zero-order chi connectivity index (χ0) is 28.4. The Hall–Kier alpha value is -3.94. The Balaban J connectivity index is 1.47. The number of aromatic nitrogens is 2. The van der Waals surface area contributed by atoms with Crippen molar-refractivity contribution in [2.75, 3.05) is 37.6 Å². The Labute approximate surface area is 228 Å². The van der Waals surface area contributed by atoms with Crippen LogP contribution in [-0.2, 0) is 4.74 Å². The second-order valence-electron chi connectivity index (χ2n) is 11.5. The number of carbonyl (C=O) groups excluding carboxylic acids is 2. The van der Waals surface area contributed by atoms with E-state index < -0.39 is 17.3 Å². The van der Waals surface area contributed by atoms with Crippen LogP contribution in [0.2, 0.25) is 0 Å². The number of rotatable bonds is 6. The van der Waals surface area contributed by atoms with Gasteiger partial charge < -0.3 is 24.2 Å². The minimum atomic E-state index is -0.585. The number of hydrogen-bond donors (Lipinski definition) is 0. The largest absolute Gasteiger partial charge is 0.451 e. The molecule has 2 amide bonds. The Bertz CT molecular complexity index is 1260. The predicted molar refractivity (Wildman–Crippen MR) is 142 cm³/mol. The number of anilines is 1. The molecule has 1 aromatic carbocycles. The van der Waals surface area contributed by atoms with Crippen molar-refractivity contribution in [2.24, 2.45) is 5.41 Å². The molecule has 2 aliphatic rings. The van der Waals surface area contributed by atoms with Gasteiger partial charge in [0.15, 0.2) is 11.6 Å². The van der Waals surface area contributed by atoms with E-state index in [1.54, 1.807) is 18.7 Å². The molecule has 1 aromatic heterocycles. The summed E-state index contributed by atoms with van der Waals surface area (Å²) in [5.41, 5.74) is -0.448. The molecule has 0 N–H and O–H groups in total. The van der Waals surface area contributed by atoms with Crippen molar-refractivity contribution in [3.63, 3.8) is 0 Å². The van der Waals surface area contributed by atoms with Gasteiger partial charge in [-0.15, -0.1) is 0 Å². The first-order valence-electron chi connectivity index (χ1n) is 13.1. The molecule has 208 valence electrons. The third-order valence-corrected chi connectivity index (χ3v) is 7.00. The van der Waals surface area contributed by atoms with Gasteiger partial charge in [0, 0.05) is 37.6 Å². The van der Waals surface area contributed by atoms with Gasteiger partial charge in [-0.1, -0.05) is 0 Å². The van der Waals surface area contributed by atoms with E-state index in [1.165, 1.54) is 29.6 Å². The number of carbonyl (C=O) groups is 2. The topological polar surface area (TPSA) is 112 Å². The van der Waals surface area contributed by atoms with Crippen LogP contribution < -0.4 is 9.64 Å². The summed E-state index contributed by atoms with van der Waals surface area (Å²) in [6, 6.07) is 5.46. The van der Waals surface area contributed by atoms with Gasteiger partial charge in [0.25, 0.3) is 5.91 Å². The third-order valence-electron chi connectivity index (χ3n) is 7.00. The normalized spacial score (nSPS) is 16.5. The predicted octanol–water partition coefficient (Wildman–Crippen LogP) is 4.62. The summed E-state index contributed by atoms with van der Waals surface area (Å²) in [5, 5.41) is 9.17. The number of hydrogen-bond acceptors (Lipinski definition) is 8. The average Bonchev–Trinajstić information content (AvgIpc) is 2.86. The summed E-state index contributed by atoms with van der Waals surface area (Å²) in [6.45, 7) is 11.8. The van der Waals surface area contributed by atoms with E-state index in [9.17, 15) is 14.0 Å². The van der Waals surface area contributed by atoms with Gasteiger partial charge in [0.05, 0.1) is 17.8 Å². The highest BCUT2D eigenvalue weighted by molar-refractivity contribution is 5.97. The zero-order valence-electron chi connectivity index (χ0n) is 23.1. The first-order chi connectivity index (χ1) is 18.4. The molecular formula is C28H35FN6O4. The highest BCUT2D eigenvalue weighted by atomic mass is 19.1. The molecule has 39 heavy (non-hydrogen) atoms. The SMILES string of the molecule is CC(C)N(CC#N)C(=O)c1cc(F)ccc1Oc1cncnc1N1CC2(CCN(C(=O)OC(C)(C)C)CC2)C1. The number of nitrogens with zero attached hydrogens (tertiary/aromatic N) is 6. The fourth-order valence-electron chi connectivity index (χ4n) is 4.94. The van der Waals surface area contributed by atoms with Gasteiger partial charge >= 0.3 is 6.09 Å². The first-order valence-corrected chi connectivity index (χ1v) is 13.1. The summed E-state index contributed by atoms with van der Waals surface area (Å²) in [7, 11) is 0. The van der Waals surface area contributed by atoms with Gasteiger partial charge in [-0.25, -0.2) is 19.2 Å². The van der Waals surface area contributed by atoms with Crippen LogP contribution in [0.4, 0.5) is 15.0 Å². The van der Waals surface area contributed by atoms with E-state index in [0.717, 1.165) is 32.0 Å². The summed E-state index contributed by atoms with van der Waals surface area (Å²) in [6.07, 6.45) is 4.37. The summed E-state index contributed by atoms with van der Waals surface area (Å²) in [4.78, 5) is 39.4. The second kappa shape index (κ2) is 11.0. The van der Waals surface area contributed by atoms with Crippen LogP contribution in [-0.4, -0.2) is 76.1 Å². The van der Waals surface area contributed by atoms with Crippen molar-refractivity contribution in [3.05, 3.63) is 42.1 Å². The lowest BCUT2D eigenvalue weighted by Gasteiger charge is -2.54. The molecule has 0 atom stereocenters. The molecule has 2 saturated heterocycles. The van der Waals surface area contributed by atoms with E-state index >= 15 is 0 Å². The quantitative estimate of drug-likeness (QED) is 0.490. The molecule has 2 aliphatic heterocycles. The summed E-state index contributed by atoms with van der Waals surface area (Å²) >= 11 is 0. The van der Waals surface area contributed by atoms with E-state index in [-0.39, 0.29) is 35.4 Å². The first kappa shape index (κ1) is 28.1. The highest BCUT2D eigenvalue weighted by Gasteiger charge is 2.47. The minimum absolute atomic E-state index is 0.0170. The molecule has 4 rings (SSSR count). The lowest BCUT2D eigenvalue weighted by atomic mass is 9.72. The van der Waals surface area contributed by atoms with Crippen molar-refractivity contribution in [1.29, 1.82) is 5.26 Å². The van der Waals surface area contributed by atoms with Crippen LogP contribution >= 0.6 is 0 Å². The monoisotopic (exact) mass is 538 g/mol. The molecule has 0 bridgehead atoms. The molecule has 3 heterocycles. The molecule has 1 spiro atoms. The Morgan fingerprint density at radius 3 is 2.51 bits per heavy atom. The van der Waals surface area contributed by atoms with Crippen LogP contribution in [0.3, 0.4) is 0 Å². The number of halogens is 1. The molecule has 0 saturated carbocycles. The third kappa shape index (κ3) is 6.38. The number of piperidine rings is 1. The number of nitriles is 1. The lowest BCUT2D eigenvalue weighted by molar-refractivity contribution is 0.00586. The highest BCUT2D eigenvalue weighted by Crippen LogP contribution is 2.45. The van der Waals surface area contributed by atoms with Gasteiger partial charge in [-0.2, -0.15) is 5.26 Å². The van der Waals surface area contributed by atoms with E-state index in [4.69, 9.17) is 14.7 Å². The number of ether oxygens (including phenoxy) is 2. The number of amides is 2. The molecule has 10 nitrogen and oxygen atoms in total. The standard InChI is InChI=1S/C28H35FN6O4/c1-19(2)35(13-10-30)25(36)21-14-20(29)6-7-22(21)38-23-15-31-18-32-24(23)34-16-28(17-34)8-11-33(12-9-28)26(37)39-27(3,4)5/h6-7,14-15,18-19H,8-9,11-13,16-17H2,1-5H3. The van der Waals surface area contributed by atoms with Crippen molar-refractivity contribution in [1.82, 2.24) is 19.8 Å². The van der Waals surface area contributed by atoms with Crippen molar-refractivity contribution in [2.45, 2.75) is 59.1 Å². The molecule has 0 radical (unpaired) electrons. The molecular weight excluding hydrogens is 503 g/mol. The van der Waals surface area contributed by atoms with Gasteiger partial charge in [0.1, 0.15) is 30.0 Å². The molecule has 2 aromatic rings. The van der Waals surface area contributed by atoms with Gasteiger partial charge in [-0.3, -0.25) is 4.79 Å². The Kier molecular flexibility index (Phi) is 7.95. The lowest BCUT2D eigenvalue weighted by Crippen LogP contribution is -2.61. The molecule has 0 unspecified atom stereocenters. The Morgan fingerprint density at radius 2 is 1.90 bits per heavy atom. The van der Waals surface area contributed by atoms with E-state index in [2.05, 4.69) is 14.9 Å². The van der Waals surface area contributed by atoms with Crippen molar-refractivity contribution >= 4 is 17.8 Å². The van der Waals surface area contributed by atoms with Gasteiger partial charge in [0.2, 0.25) is 0 Å². The average molecular weight is 539 g/mol. The fraction of sp³-hybridized carbons (Fsp3) is 0.536. The fourth-order valence-corrected chi connectivity index (χ4v) is 4.94. The second-order valence-corrected chi connectivity index (χ2v) is 11.5. The number of likely N-dealkylation sites (tertiary alicyclic amines) is 1. The maximum atomic E-state index is 14.2. The Morgan fingerprint density at radius 1 is 1.21 bits per heavy atom. The van der Waals surface area contributed by atoms with Gasteiger partial charge in [-0.05, 0) is 65.7 Å². The van der Waals surface area contributed by atoms with Crippen LogP contribution in [0.15, 0.2) is 30.7 Å². The van der Waals surface area contributed by atoms with Crippen LogP contribution in [0.1, 0.15) is 57.8 Å². The van der Waals surface area contributed by atoms with Crippen LogP contribution in [0, 0.1) is 22.6 Å².